The highest BCUT2D eigenvalue weighted by Crippen LogP contribution is 2.29. The van der Waals surface area contributed by atoms with E-state index in [4.69, 9.17) is 16.3 Å². The average molecular weight is 421 g/mol. The number of amides is 2. The molecule has 1 fully saturated rings. The molecule has 0 spiro atoms. The fourth-order valence-corrected chi connectivity index (χ4v) is 3.97. The van der Waals surface area contributed by atoms with Gasteiger partial charge in [-0.3, -0.25) is 9.59 Å². The SMILES string of the molecule is CC(C)COc1ccc(NC(=O)C2CCN(C(=O)c3ccsc3)CC2)cc1Cl. The summed E-state index contributed by atoms with van der Waals surface area (Å²) in [6.07, 6.45) is 1.32. The van der Waals surface area contributed by atoms with Crippen molar-refractivity contribution in [3.8, 4) is 5.75 Å². The molecular weight excluding hydrogens is 396 g/mol. The van der Waals surface area contributed by atoms with Gasteiger partial charge in [-0.15, -0.1) is 0 Å². The van der Waals surface area contributed by atoms with E-state index >= 15 is 0 Å². The molecule has 28 heavy (non-hydrogen) atoms. The van der Waals surface area contributed by atoms with Crippen molar-refractivity contribution in [2.24, 2.45) is 11.8 Å². The fourth-order valence-electron chi connectivity index (χ4n) is 3.11. The Hall–Kier alpha value is -2.05. The van der Waals surface area contributed by atoms with Gasteiger partial charge in [0.2, 0.25) is 5.91 Å². The molecule has 5 nitrogen and oxygen atoms in total. The number of piperidine rings is 1. The van der Waals surface area contributed by atoms with Crippen LogP contribution in [0.15, 0.2) is 35.0 Å². The van der Waals surface area contributed by atoms with Gasteiger partial charge < -0.3 is 15.0 Å². The number of carbonyl (C=O) groups is 2. The Balaban J connectivity index is 1.52. The Kier molecular flexibility index (Phi) is 6.97. The van der Waals surface area contributed by atoms with Crippen LogP contribution < -0.4 is 10.1 Å². The Labute approximate surface area is 174 Å². The van der Waals surface area contributed by atoms with Crippen LogP contribution in [0.1, 0.15) is 37.0 Å². The summed E-state index contributed by atoms with van der Waals surface area (Å²) in [4.78, 5) is 26.8. The van der Waals surface area contributed by atoms with Crippen LogP contribution >= 0.6 is 22.9 Å². The molecular formula is C21H25ClN2O3S. The summed E-state index contributed by atoms with van der Waals surface area (Å²) in [6, 6.07) is 7.13. The topological polar surface area (TPSA) is 58.6 Å². The second-order valence-electron chi connectivity index (χ2n) is 7.42. The van der Waals surface area contributed by atoms with E-state index in [1.54, 1.807) is 18.2 Å². The first-order chi connectivity index (χ1) is 13.4. The van der Waals surface area contributed by atoms with Crippen molar-refractivity contribution in [3.63, 3.8) is 0 Å². The number of anilines is 1. The number of halogens is 1. The number of hydrogen-bond acceptors (Lipinski definition) is 4. The maximum atomic E-state index is 12.6. The first-order valence-electron chi connectivity index (χ1n) is 9.48. The van der Waals surface area contributed by atoms with Crippen molar-refractivity contribution in [3.05, 3.63) is 45.6 Å². The Morgan fingerprint density at radius 1 is 1.29 bits per heavy atom. The smallest absolute Gasteiger partial charge is 0.254 e. The summed E-state index contributed by atoms with van der Waals surface area (Å²) in [5.74, 6) is 0.933. The molecule has 1 aliphatic rings. The van der Waals surface area contributed by atoms with Crippen molar-refractivity contribution in [1.29, 1.82) is 0 Å². The molecule has 7 heteroatoms. The number of likely N-dealkylation sites (tertiary alicyclic amines) is 1. The molecule has 1 N–H and O–H groups in total. The van der Waals surface area contributed by atoms with Gasteiger partial charge in [0.05, 0.1) is 17.2 Å². The standard InChI is InChI=1S/C21H25ClN2O3S/c1-14(2)12-27-19-4-3-17(11-18(19)22)23-20(25)15-5-8-24(9-6-15)21(26)16-7-10-28-13-16/h3-4,7,10-11,13-15H,5-6,8-9,12H2,1-2H3,(H,23,25). The quantitative estimate of drug-likeness (QED) is 0.720. The zero-order valence-corrected chi connectivity index (χ0v) is 17.7. The Morgan fingerprint density at radius 2 is 2.04 bits per heavy atom. The van der Waals surface area contributed by atoms with Gasteiger partial charge in [-0.1, -0.05) is 25.4 Å². The zero-order chi connectivity index (χ0) is 20.1. The van der Waals surface area contributed by atoms with E-state index in [1.165, 1.54) is 11.3 Å². The van der Waals surface area contributed by atoms with Gasteiger partial charge in [0.25, 0.3) is 5.91 Å². The summed E-state index contributed by atoms with van der Waals surface area (Å²) in [5.41, 5.74) is 1.38. The molecule has 2 heterocycles. The van der Waals surface area contributed by atoms with Gasteiger partial charge in [-0.2, -0.15) is 11.3 Å². The lowest BCUT2D eigenvalue weighted by Crippen LogP contribution is -2.41. The Morgan fingerprint density at radius 3 is 2.64 bits per heavy atom. The average Bonchev–Trinajstić information content (AvgIpc) is 3.21. The molecule has 1 aromatic carbocycles. The van der Waals surface area contributed by atoms with E-state index < -0.39 is 0 Å². The van der Waals surface area contributed by atoms with Crippen LogP contribution in [0, 0.1) is 11.8 Å². The van der Waals surface area contributed by atoms with Crippen molar-refractivity contribution < 1.29 is 14.3 Å². The number of nitrogens with zero attached hydrogens (tertiary/aromatic N) is 1. The summed E-state index contributed by atoms with van der Waals surface area (Å²) in [6.45, 7) is 5.92. The highest BCUT2D eigenvalue weighted by molar-refractivity contribution is 7.08. The highest BCUT2D eigenvalue weighted by atomic mass is 35.5. The van der Waals surface area contributed by atoms with Crippen molar-refractivity contribution in [1.82, 2.24) is 4.90 Å². The van der Waals surface area contributed by atoms with Crippen molar-refractivity contribution >= 4 is 40.4 Å². The first-order valence-corrected chi connectivity index (χ1v) is 10.8. The number of nitrogens with one attached hydrogen (secondary N) is 1. The van der Waals surface area contributed by atoms with Crippen LogP contribution in [-0.4, -0.2) is 36.4 Å². The molecule has 0 radical (unpaired) electrons. The number of carbonyl (C=O) groups excluding carboxylic acids is 2. The Bertz CT molecular complexity index is 815. The maximum Gasteiger partial charge on any atom is 0.254 e. The van der Waals surface area contributed by atoms with E-state index in [-0.39, 0.29) is 17.7 Å². The van der Waals surface area contributed by atoms with Crippen LogP contribution in [0.4, 0.5) is 5.69 Å². The van der Waals surface area contributed by atoms with E-state index in [9.17, 15) is 9.59 Å². The number of rotatable bonds is 6. The third kappa shape index (κ3) is 5.26. The van der Waals surface area contributed by atoms with E-state index in [2.05, 4.69) is 19.2 Å². The lowest BCUT2D eigenvalue weighted by Gasteiger charge is -2.31. The normalized spacial score (nSPS) is 14.9. The van der Waals surface area contributed by atoms with Gasteiger partial charge >= 0.3 is 0 Å². The predicted molar refractivity (Wildman–Crippen MR) is 113 cm³/mol. The molecule has 1 saturated heterocycles. The molecule has 150 valence electrons. The molecule has 0 unspecified atom stereocenters. The van der Waals surface area contributed by atoms with Gasteiger partial charge in [-0.05, 0) is 48.4 Å². The minimum absolute atomic E-state index is 0.0328. The third-order valence-electron chi connectivity index (χ3n) is 4.69. The van der Waals surface area contributed by atoms with Crippen molar-refractivity contribution in [2.75, 3.05) is 25.0 Å². The molecule has 0 saturated carbocycles. The molecule has 0 bridgehead atoms. The van der Waals surface area contributed by atoms with Crippen LogP contribution in [0.5, 0.6) is 5.75 Å². The van der Waals surface area contributed by atoms with Crippen molar-refractivity contribution in [2.45, 2.75) is 26.7 Å². The largest absolute Gasteiger partial charge is 0.492 e. The zero-order valence-electron chi connectivity index (χ0n) is 16.1. The molecule has 1 aliphatic heterocycles. The van der Waals surface area contributed by atoms with E-state index in [1.807, 2.05) is 21.7 Å². The number of ether oxygens (including phenoxy) is 1. The summed E-state index contributed by atoms with van der Waals surface area (Å²) in [5, 5.41) is 7.18. The summed E-state index contributed by atoms with van der Waals surface area (Å²) >= 11 is 7.78. The van der Waals surface area contributed by atoms with Crippen LogP contribution in [0.3, 0.4) is 0 Å². The predicted octanol–water partition coefficient (Wildman–Crippen LogP) is 4.93. The van der Waals surface area contributed by atoms with Gasteiger partial charge in [0.1, 0.15) is 5.75 Å². The lowest BCUT2D eigenvalue weighted by atomic mass is 9.95. The summed E-state index contributed by atoms with van der Waals surface area (Å²) in [7, 11) is 0. The maximum absolute atomic E-state index is 12.6. The second kappa shape index (κ2) is 9.43. The number of thiophene rings is 1. The minimum Gasteiger partial charge on any atom is -0.492 e. The lowest BCUT2D eigenvalue weighted by molar-refractivity contribution is -0.121. The minimum atomic E-state index is -0.109. The summed E-state index contributed by atoms with van der Waals surface area (Å²) < 4.78 is 5.66. The monoisotopic (exact) mass is 420 g/mol. The van der Waals surface area contributed by atoms with E-state index in [0.29, 0.717) is 54.9 Å². The fraction of sp³-hybridized carbons (Fsp3) is 0.429. The molecule has 2 amide bonds. The van der Waals surface area contributed by atoms with Crippen LogP contribution in [-0.2, 0) is 4.79 Å². The first kappa shape index (κ1) is 20.7. The number of benzene rings is 1. The molecule has 1 aromatic heterocycles. The molecule has 0 aliphatic carbocycles. The molecule has 0 atom stereocenters. The van der Waals surface area contributed by atoms with Gasteiger partial charge in [0.15, 0.2) is 0 Å². The number of hydrogen-bond donors (Lipinski definition) is 1. The third-order valence-corrected chi connectivity index (χ3v) is 5.67. The second-order valence-corrected chi connectivity index (χ2v) is 8.61. The molecule has 3 rings (SSSR count). The highest BCUT2D eigenvalue weighted by Gasteiger charge is 2.28. The van der Waals surface area contributed by atoms with Crippen LogP contribution in [0.2, 0.25) is 5.02 Å². The van der Waals surface area contributed by atoms with Gasteiger partial charge in [0, 0.05) is 30.1 Å². The molecule has 2 aromatic rings. The van der Waals surface area contributed by atoms with Crippen LogP contribution in [0.25, 0.3) is 0 Å². The van der Waals surface area contributed by atoms with Gasteiger partial charge in [-0.25, -0.2) is 0 Å². The van der Waals surface area contributed by atoms with E-state index in [0.717, 1.165) is 5.56 Å².